The molecular formula is C34H30F3N3O6. The van der Waals surface area contributed by atoms with E-state index in [1.807, 2.05) is 37.3 Å². The highest BCUT2D eigenvalue weighted by molar-refractivity contribution is 5.87. The molecule has 0 aliphatic rings. The van der Waals surface area contributed by atoms with E-state index in [4.69, 9.17) is 23.4 Å². The van der Waals surface area contributed by atoms with Crippen LogP contribution >= 0.6 is 0 Å². The molecule has 0 bridgehead atoms. The zero-order valence-corrected chi connectivity index (χ0v) is 25.2. The third kappa shape index (κ3) is 7.76. The summed E-state index contributed by atoms with van der Waals surface area (Å²) in [6, 6.07) is 19.4. The van der Waals surface area contributed by atoms with Crippen LogP contribution in [0.4, 0.5) is 13.2 Å². The first-order chi connectivity index (χ1) is 22.1. The first kappa shape index (κ1) is 31.9. The molecule has 0 unspecified atom stereocenters. The van der Waals surface area contributed by atoms with E-state index in [0.29, 0.717) is 40.1 Å². The lowest BCUT2D eigenvalue weighted by atomic mass is 10.2. The predicted octanol–water partition coefficient (Wildman–Crippen LogP) is 7.60. The van der Waals surface area contributed by atoms with Crippen LogP contribution in [0.1, 0.15) is 35.1 Å². The van der Waals surface area contributed by atoms with Gasteiger partial charge in [0.1, 0.15) is 24.7 Å². The molecule has 0 saturated heterocycles. The highest BCUT2D eigenvalue weighted by Gasteiger charge is 2.30. The number of hydrogen-bond donors (Lipinski definition) is 0. The molecule has 0 aliphatic heterocycles. The van der Waals surface area contributed by atoms with Gasteiger partial charge in [-0.2, -0.15) is 13.2 Å². The van der Waals surface area contributed by atoms with Crippen molar-refractivity contribution in [3.63, 3.8) is 0 Å². The highest BCUT2D eigenvalue weighted by Crippen LogP contribution is 2.32. The van der Waals surface area contributed by atoms with Crippen LogP contribution in [0.15, 0.2) is 89.5 Å². The normalized spacial score (nSPS) is 11.5. The highest BCUT2D eigenvalue weighted by atomic mass is 19.4. The number of oxazole rings is 1. The predicted molar refractivity (Wildman–Crippen MR) is 163 cm³/mol. The maximum Gasteiger partial charge on any atom is 0.416 e. The number of alkyl halides is 3. The van der Waals surface area contributed by atoms with E-state index in [1.54, 1.807) is 31.3 Å². The van der Waals surface area contributed by atoms with Crippen molar-refractivity contribution in [2.45, 2.75) is 33.2 Å². The summed E-state index contributed by atoms with van der Waals surface area (Å²) in [6.07, 6.45) is -0.236. The van der Waals surface area contributed by atoms with Crippen molar-refractivity contribution in [1.29, 1.82) is 0 Å². The van der Waals surface area contributed by atoms with Crippen molar-refractivity contribution in [3.8, 4) is 34.5 Å². The monoisotopic (exact) mass is 633 g/mol. The van der Waals surface area contributed by atoms with Gasteiger partial charge in [-0.1, -0.05) is 24.3 Å². The van der Waals surface area contributed by atoms with Crippen LogP contribution in [0.25, 0.3) is 23.2 Å². The molecule has 0 saturated carbocycles. The molecule has 0 amide bonds. The zero-order chi connectivity index (χ0) is 32.7. The number of nitrogens with zero attached hydrogens (tertiary/aromatic N) is 3. The second kappa shape index (κ2) is 14.1. The molecule has 46 heavy (non-hydrogen) atoms. The van der Waals surface area contributed by atoms with Crippen molar-refractivity contribution in [1.82, 2.24) is 14.8 Å². The molecule has 0 N–H and O–H groups in total. The number of carbonyl (C=O) groups is 1. The van der Waals surface area contributed by atoms with Crippen molar-refractivity contribution >= 4 is 12.0 Å². The maximum atomic E-state index is 13.0. The number of aryl methyl sites for hydroxylation is 1. The minimum Gasteiger partial charge on any atom is -0.493 e. The fourth-order valence-corrected chi connectivity index (χ4v) is 4.37. The van der Waals surface area contributed by atoms with Gasteiger partial charge in [-0.3, -0.25) is 0 Å². The van der Waals surface area contributed by atoms with Gasteiger partial charge >= 0.3 is 12.1 Å². The minimum absolute atomic E-state index is 0.0593. The Balaban J connectivity index is 1.31. The summed E-state index contributed by atoms with van der Waals surface area (Å²) in [4.78, 5) is 16.5. The van der Waals surface area contributed by atoms with Crippen molar-refractivity contribution in [3.05, 3.63) is 113 Å². The van der Waals surface area contributed by atoms with Gasteiger partial charge in [0.25, 0.3) is 0 Å². The van der Waals surface area contributed by atoms with Gasteiger partial charge in [-0.05, 0) is 74.0 Å². The van der Waals surface area contributed by atoms with Gasteiger partial charge < -0.3 is 23.4 Å². The molecule has 0 fully saturated rings. The Bertz CT molecular complexity index is 1810. The second-order valence-electron chi connectivity index (χ2n) is 9.91. The summed E-state index contributed by atoms with van der Waals surface area (Å²) in [5.74, 6) is 1.69. The number of ether oxygens (including phenoxy) is 4. The van der Waals surface area contributed by atoms with Crippen molar-refractivity contribution in [2.75, 3.05) is 13.7 Å². The average Bonchev–Trinajstić information content (AvgIpc) is 3.65. The van der Waals surface area contributed by atoms with Crippen LogP contribution in [-0.2, 0) is 28.9 Å². The number of methoxy groups -OCH3 is 1. The third-order valence-corrected chi connectivity index (χ3v) is 6.73. The SMILES string of the molecule is CCOC(=O)C=Cc1cn(-c2ccc(C(F)(F)F)cc2)nc1OCc1ccc(OCc2nc(-c3ccccc3)oc2C)c(OC)c1. The Labute approximate surface area is 262 Å². The Morgan fingerprint density at radius 1 is 0.978 bits per heavy atom. The number of carbonyl (C=O) groups excluding carboxylic acids is 1. The standard InChI is InChI=1S/C34H30F3N3O6/c1-4-43-31(41)17-11-25-19-40(27-14-12-26(13-15-27)34(35,36)37)39-33(25)45-20-23-10-16-29(30(18-23)42-3)44-21-28-22(2)46-32(38-28)24-8-6-5-7-9-24/h5-19H,4,20-21H2,1-3H3. The van der Waals surface area contributed by atoms with E-state index in [1.165, 1.54) is 36.1 Å². The summed E-state index contributed by atoms with van der Waals surface area (Å²) in [7, 11) is 1.52. The minimum atomic E-state index is -4.47. The number of aromatic nitrogens is 3. The molecule has 9 nitrogen and oxygen atoms in total. The van der Waals surface area contributed by atoms with Crippen LogP contribution in [0.3, 0.4) is 0 Å². The van der Waals surface area contributed by atoms with Crippen LogP contribution in [0, 0.1) is 6.92 Å². The molecule has 5 aromatic rings. The van der Waals surface area contributed by atoms with Gasteiger partial charge in [0.2, 0.25) is 11.8 Å². The van der Waals surface area contributed by atoms with Crippen LogP contribution in [-0.4, -0.2) is 34.5 Å². The average molecular weight is 634 g/mol. The van der Waals surface area contributed by atoms with Crippen LogP contribution in [0.2, 0.25) is 0 Å². The lowest BCUT2D eigenvalue weighted by Crippen LogP contribution is -2.05. The van der Waals surface area contributed by atoms with E-state index in [2.05, 4.69) is 10.1 Å². The molecule has 2 aromatic heterocycles. The zero-order valence-electron chi connectivity index (χ0n) is 25.2. The summed E-state index contributed by atoms with van der Waals surface area (Å²) in [6.45, 7) is 3.93. The summed E-state index contributed by atoms with van der Waals surface area (Å²) in [5.41, 5.74) is 2.24. The molecule has 0 atom stereocenters. The van der Waals surface area contributed by atoms with E-state index in [0.717, 1.165) is 23.3 Å². The maximum absolute atomic E-state index is 13.0. The van der Waals surface area contributed by atoms with E-state index in [9.17, 15) is 18.0 Å². The first-order valence-electron chi connectivity index (χ1n) is 14.2. The molecule has 0 radical (unpaired) electrons. The second-order valence-corrected chi connectivity index (χ2v) is 9.91. The number of benzene rings is 3. The number of halogens is 3. The molecule has 2 heterocycles. The van der Waals surface area contributed by atoms with Crippen LogP contribution in [0.5, 0.6) is 17.4 Å². The number of esters is 1. The Morgan fingerprint density at radius 3 is 2.43 bits per heavy atom. The summed E-state index contributed by atoms with van der Waals surface area (Å²) < 4.78 is 68.8. The van der Waals surface area contributed by atoms with Crippen molar-refractivity contribution < 1.29 is 41.3 Å². The first-order valence-corrected chi connectivity index (χ1v) is 14.2. The molecule has 3 aromatic carbocycles. The fraction of sp³-hybridized carbons (Fsp3) is 0.206. The topological polar surface area (TPSA) is 97.8 Å². The molecule has 12 heteroatoms. The van der Waals surface area contributed by atoms with Gasteiger partial charge in [0.15, 0.2) is 11.5 Å². The number of hydrogen-bond acceptors (Lipinski definition) is 8. The van der Waals surface area contributed by atoms with Gasteiger partial charge in [-0.25, -0.2) is 14.5 Å². The summed E-state index contributed by atoms with van der Waals surface area (Å²) >= 11 is 0. The van der Waals surface area contributed by atoms with E-state index < -0.39 is 17.7 Å². The summed E-state index contributed by atoms with van der Waals surface area (Å²) in [5, 5.41) is 4.40. The fourth-order valence-electron chi connectivity index (χ4n) is 4.37. The third-order valence-electron chi connectivity index (χ3n) is 6.73. The lowest BCUT2D eigenvalue weighted by Gasteiger charge is -2.12. The molecular weight excluding hydrogens is 603 g/mol. The Hall–Kier alpha value is -5.52. The Morgan fingerprint density at radius 2 is 1.74 bits per heavy atom. The smallest absolute Gasteiger partial charge is 0.416 e. The van der Waals surface area contributed by atoms with Crippen LogP contribution < -0.4 is 14.2 Å². The lowest BCUT2D eigenvalue weighted by molar-refractivity contribution is -0.138. The van der Waals surface area contributed by atoms with Gasteiger partial charge in [0, 0.05) is 17.8 Å². The largest absolute Gasteiger partial charge is 0.493 e. The van der Waals surface area contributed by atoms with E-state index in [-0.39, 0.29) is 25.7 Å². The molecule has 0 aliphatic carbocycles. The molecule has 0 spiro atoms. The molecule has 5 rings (SSSR count). The molecule has 238 valence electrons. The Kier molecular flexibility index (Phi) is 9.75. The van der Waals surface area contributed by atoms with Gasteiger partial charge in [-0.15, -0.1) is 5.10 Å². The van der Waals surface area contributed by atoms with Crippen molar-refractivity contribution in [2.24, 2.45) is 0 Å². The van der Waals surface area contributed by atoms with Gasteiger partial charge in [0.05, 0.1) is 30.5 Å². The quantitative estimate of drug-likeness (QED) is 0.102. The number of rotatable bonds is 12. The van der Waals surface area contributed by atoms with E-state index >= 15 is 0 Å².